The highest BCUT2D eigenvalue weighted by Crippen LogP contribution is 2.28. The Bertz CT molecular complexity index is 439. The molecule has 0 aromatic carbocycles. The average Bonchev–Trinajstić information content (AvgIpc) is 3.12. The number of nitrogens with zero attached hydrogens (tertiary/aromatic N) is 2. The lowest BCUT2D eigenvalue weighted by Gasteiger charge is -2.14. The number of imidazole rings is 1. The van der Waals surface area contributed by atoms with Crippen molar-refractivity contribution in [2.45, 2.75) is 51.5 Å². The van der Waals surface area contributed by atoms with Crippen LogP contribution in [0.15, 0.2) is 6.20 Å². The van der Waals surface area contributed by atoms with Gasteiger partial charge in [-0.05, 0) is 25.2 Å². The minimum absolute atomic E-state index is 0.0416. The predicted octanol–water partition coefficient (Wildman–Crippen LogP) is 2.40. The largest absolute Gasteiger partial charge is 0.356 e. The molecule has 2 aliphatic rings. The molecule has 1 fully saturated rings. The van der Waals surface area contributed by atoms with Crippen molar-refractivity contribution in [1.29, 1.82) is 0 Å². The molecule has 5 heteroatoms. The number of aromatic nitrogens is 2. The van der Waals surface area contributed by atoms with E-state index in [1.807, 2.05) is 10.8 Å². The number of hydrogen-bond acceptors (Lipinski definition) is 3. The lowest BCUT2D eigenvalue weighted by Crippen LogP contribution is -2.25. The molecule has 1 aliphatic heterocycles. The van der Waals surface area contributed by atoms with Crippen LogP contribution in [0.1, 0.15) is 55.4 Å². The molecular weight excluding hydrogens is 252 g/mol. The molecule has 1 saturated carbocycles. The number of rotatable bonds is 5. The van der Waals surface area contributed by atoms with E-state index >= 15 is 0 Å². The van der Waals surface area contributed by atoms with Crippen molar-refractivity contribution in [3.05, 3.63) is 11.9 Å². The van der Waals surface area contributed by atoms with E-state index in [1.165, 1.54) is 32.1 Å². The van der Waals surface area contributed by atoms with Crippen LogP contribution in [0.2, 0.25) is 0 Å². The number of aryl methyl sites for hydroxylation is 1. The molecule has 1 aromatic heterocycles. The molecule has 2 N–H and O–H groups in total. The zero-order chi connectivity index (χ0) is 13.8. The number of fused-ring (bicyclic) bond motifs is 1. The molecule has 20 heavy (non-hydrogen) atoms. The molecule has 1 aliphatic carbocycles. The second kappa shape index (κ2) is 6.29. The second-order valence-electron chi connectivity index (χ2n) is 5.97. The number of amides is 1. The van der Waals surface area contributed by atoms with E-state index in [1.54, 1.807) is 0 Å². The maximum atomic E-state index is 12.0. The zero-order valence-electron chi connectivity index (χ0n) is 12.0. The Morgan fingerprint density at radius 3 is 3.05 bits per heavy atom. The maximum Gasteiger partial charge on any atom is 0.271 e. The molecule has 5 nitrogen and oxygen atoms in total. The van der Waals surface area contributed by atoms with E-state index in [2.05, 4.69) is 15.6 Å². The van der Waals surface area contributed by atoms with Crippen LogP contribution in [-0.2, 0) is 6.54 Å². The smallest absolute Gasteiger partial charge is 0.271 e. The molecule has 0 atom stereocenters. The summed E-state index contributed by atoms with van der Waals surface area (Å²) >= 11 is 0. The van der Waals surface area contributed by atoms with Gasteiger partial charge in [0.1, 0.15) is 5.69 Å². The van der Waals surface area contributed by atoms with Gasteiger partial charge in [-0.15, -0.1) is 0 Å². The standard InChI is InChI=1S/C15H24N4O/c20-14(16-8-3-7-12-5-1-2-6-12)13-11-19-10-4-9-17-15(19)18-13/h11-12H,1-10H2,(H,16,20)(H,17,18). The highest BCUT2D eigenvalue weighted by molar-refractivity contribution is 5.92. The fourth-order valence-electron chi connectivity index (χ4n) is 3.27. The maximum absolute atomic E-state index is 12.0. The Morgan fingerprint density at radius 2 is 2.25 bits per heavy atom. The number of anilines is 1. The third-order valence-corrected chi connectivity index (χ3v) is 4.42. The van der Waals surface area contributed by atoms with Gasteiger partial charge in [-0.1, -0.05) is 25.7 Å². The Kier molecular flexibility index (Phi) is 4.23. The van der Waals surface area contributed by atoms with Gasteiger partial charge in [-0.3, -0.25) is 4.79 Å². The van der Waals surface area contributed by atoms with Crippen LogP contribution in [0, 0.1) is 5.92 Å². The van der Waals surface area contributed by atoms with E-state index in [0.29, 0.717) is 5.69 Å². The van der Waals surface area contributed by atoms with Crippen LogP contribution < -0.4 is 10.6 Å². The van der Waals surface area contributed by atoms with E-state index < -0.39 is 0 Å². The summed E-state index contributed by atoms with van der Waals surface area (Å²) in [6.45, 7) is 2.66. The van der Waals surface area contributed by atoms with Crippen molar-refractivity contribution in [2.75, 3.05) is 18.4 Å². The first-order valence-corrected chi connectivity index (χ1v) is 7.92. The summed E-state index contributed by atoms with van der Waals surface area (Å²) in [5.41, 5.74) is 0.537. The molecule has 0 bridgehead atoms. The predicted molar refractivity (Wildman–Crippen MR) is 78.9 cm³/mol. The fraction of sp³-hybridized carbons (Fsp3) is 0.733. The van der Waals surface area contributed by atoms with E-state index in [4.69, 9.17) is 0 Å². The van der Waals surface area contributed by atoms with Crippen LogP contribution in [0.3, 0.4) is 0 Å². The molecule has 0 saturated heterocycles. The summed E-state index contributed by atoms with van der Waals surface area (Å²) in [6, 6.07) is 0. The van der Waals surface area contributed by atoms with Gasteiger partial charge in [0.15, 0.2) is 0 Å². The molecule has 110 valence electrons. The van der Waals surface area contributed by atoms with Gasteiger partial charge in [0.2, 0.25) is 5.95 Å². The fourth-order valence-corrected chi connectivity index (χ4v) is 3.27. The van der Waals surface area contributed by atoms with Crippen molar-refractivity contribution < 1.29 is 4.79 Å². The Balaban J connectivity index is 1.43. The van der Waals surface area contributed by atoms with Crippen LogP contribution in [0.5, 0.6) is 0 Å². The Labute approximate surface area is 120 Å². The lowest BCUT2D eigenvalue weighted by atomic mass is 10.0. The molecule has 2 heterocycles. The SMILES string of the molecule is O=C(NCCCC1CCCC1)c1cn2c(n1)NCCC2. The van der Waals surface area contributed by atoms with Crippen molar-refractivity contribution >= 4 is 11.9 Å². The summed E-state index contributed by atoms with van der Waals surface area (Å²) in [5.74, 6) is 1.68. The van der Waals surface area contributed by atoms with Crippen molar-refractivity contribution in [3.63, 3.8) is 0 Å². The van der Waals surface area contributed by atoms with Crippen molar-refractivity contribution in [2.24, 2.45) is 5.92 Å². The summed E-state index contributed by atoms with van der Waals surface area (Å²) in [4.78, 5) is 16.4. The van der Waals surface area contributed by atoms with Crippen LogP contribution in [-0.4, -0.2) is 28.5 Å². The Morgan fingerprint density at radius 1 is 1.40 bits per heavy atom. The first kappa shape index (κ1) is 13.5. The number of nitrogens with one attached hydrogen (secondary N) is 2. The normalized spacial score (nSPS) is 18.6. The minimum atomic E-state index is -0.0416. The third kappa shape index (κ3) is 3.14. The monoisotopic (exact) mass is 276 g/mol. The topological polar surface area (TPSA) is 59.0 Å². The lowest BCUT2D eigenvalue weighted by molar-refractivity contribution is 0.0948. The Hall–Kier alpha value is -1.52. The van der Waals surface area contributed by atoms with E-state index in [0.717, 1.165) is 44.3 Å². The van der Waals surface area contributed by atoms with Crippen molar-refractivity contribution in [1.82, 2.24) is 14.9 Å². The summed E-state index contributed by atoms with van der Waals surface area (Å²) < 4.78 is 2.02. The summed E-state index contributed by atoms with van der Waals surface area (Å²) in [7, 11) is 0. The summed E-state index contributed by atoms with van der Waals surface area (Å²) in [6.07, 6.45) is 10.8. The zero-order valence-corrected chi connectivity index (χ0v) is 12.0. The van der Waals surface area contributed by atoms with Crippen LogP contribution in [0.4, 0.5) is 5.95 Å². The molecule has 0 radical (unpaired) electrons. The third-order valence-electron chi connectivity index (χ3n) is 4.42. The van der Waals surface area contributed by atoms with Gasteiger partial charge in [-0.25, -0.2) is 4.98 Å². The average molecular weight is 276 g/mol. The van der Waals surface area contributed by atoms with Gasteiger partial charge in [0, 0.05) is 25.8 Å². The first-order chi connectivity index (χ1) is 9.83. The molecule has 1 amide bonds. The molecular formula is C15H24N4O. The molecule has 3 rings (SSSR count). The van der Waals surface area contributed by atoms with Crippen molar-refractivity contribution in [3.8, 4) is 0 Å². The van der Waals surface area contributed by atoms with Gasteiger partial charge < -0.3 is 15.2 Å². The quantitative estimate of drug-likeness (QED) is 0.812. The highest BCUT2D eigenvalue weighted by Gasteiger charge is 2.17. The highest BCUT2D eigenvalue weighted by atomic mass is 16.1. The number of carbonyl (C=O) groups excluding carboxylic acids is 1. The first-order valence-electron chi connectivity index (χ1n) is 7.92. The second-order valence-corrected chi connectivity index (χ2v) is 5.97. The number of carbonyl (C=O) groups is 1. The van der Waals surface area contributed by atoms with Crippen LogP contribution in [0.25, 0.3) is 0 Å². The van der Waals surface area contributed by atoms with Gasteiger partial charge in [0.25, 0.3) is 5.91 Å². The van der Waals surface area contributed by atoms with Gasteiger partial charge >= 0.3 is 0 Å². The molecule has 1 aromatic rings. The van der Waals surface area contributed by atoms with E-state index in [9.17, 15) is 4.79 Å². The summed E-state index contributed by atoms with van der Waals surface area (Å²) in [5, 5.41) is 6.20. The van der Waals surface area contributed by atoms with Gasteiger partial charge in [-0.2, -0.15) is 0 Å². The molecule has 0 spiro atoms. The van der Waals surface area contributed by atoms with Gasteiger partial charge in [0.05, 0.1) is 0 Å². The number of hydrogen-bond donors (Lipinski definition) is 2. The minimum Gasteiger partial charge on any atom is -0.356 e. The van der Waals surface area contributed by atoms with E-state index in [-0.39, 0.29) is 5.91 Å². The van der Waals surface area contributed by atoms with Crippen LogP contribution >= 0.6 is 0 Å². The molecule has 0 unspecified atom stereocenters.